The number of likely N-dealkylation sites (N-methyl/N-ethyl adjacent to an activating group) is 1. The van der Waals surface area contributed by atoms with Crippen LogP contribution in [0.5, 0.6) is 0 Å². The first-order valence-corrected chi connectivity index (χ1v) is 6.93. The Morgan fingerprint density at radius 1 is 1.00 bits per heavy atom. The second kappa shape index (κ2) is 9.22. The van der Waals surface area contributed by atoms with E-state index in [4.69, 9.17) is 15.9 Å². The average Bonchev–Trinajstić information content (AvgIpc) is 2.55. The van der Waals surface area contributed by atoms with E-state index in [0.717, 1.165) is 5.69 Å². The molecule has 0 spiro atoms. The van der Waals surface area contributed by atoms with Gasteiger partial charge in [-0.25, -0.2) is 0 Å². The molecule has 2 aromatic carbocycles. The van der Waals surface area contributed by atoms with Gasteiger partial charge < -0.3 is 20.8 Å². The standard InChI is InChI=1S/C9H11NO2.C8H9NO2/c1-10(7-9(11)12)8-5-3-2-4-6-8;9-7(8(10)11)6-4-2-1-3-5-6/h2-6H,7H2,1H3,(H,11,12);1-5,7H,9H2,(H,10,11)/t;7-/m.1/s1. The first kappa shape index (κ1) is 18.2. The van der Waals surface area contributed by atoms with Gasteiger partial charge in [0.15, 0.2) is 0 Å². The Morgan fingerprint density at radius 2 is 1.48 bits per heavy atom. The quantitative estimate of drug-likeness (QED) is 0.779. The maximum absolute atomic E-state index is 10.4. The van der Waals surface area contributed by atoms with Gasteiger partial charge in [-0.05, 0) is 17.7 Å². The fourth-order valence-electron chi connectivity index (χ4n) is 1.78. The predicted molar refractivity (Wildman–Crippen MR) is 88.4 cm³/mol. The molecule has 0 saturated carbocycles. The number of nitrogens with zero attached hydrogens (tertiary/aromatic N) is 1. The largest absolute Gasteiger partial charge is 0.480 e. The number of para-hydroxylation sites is 1. The van der Waals surface area contributed by atoms with Gasteiger partial charge in [-0.1, -0.05) is 48.5 Å². The first-order valence-electron chi connectivity index (χ1n) is 6.93. The number of carboxylic acid groups (broad SMARTS) is 2. The highest BCUT2D eigenvalue weighted by molar-refractivity contribution is 5.75. The zero-order chi connectivity index (χ0) is 17.2. The summed E-state index contributed by atoms with van der Waals surface area (Å²) in [5.74, 6) is -1.82. The molecule has 0 aliphatic heterocycles. The normalized spacial score (nSPS) is 10.9. The minimum Gasteiger partial charge on any atom is -0.480 e. The third-order valence-electron chi connectivity index (χ3n) is 2.99. The Balaban J connectivity index is 0.000000231. The van der Waals surface area contributed by atoms with E-state index in [9.17, 15) is 9.59 Å². The molecule has 23 heavy (non-hydrogen) atoms. The summed E-state index contributed by atoms with van der Waals surface area (Å²) in [6.45, 7) is 0.0318. The van der Waals surface area contributed by atoms with Gasteiger partial charge in [0.05, 0.1) is 0 Å². The van der Waals surface area contributed by atoms with Gasteiger partial charge in [0.1, 0.15) is 12.6 Å². The molecule has 0 aromatic heterocycles. The van der Waals surface area contributed by atoms with Gasteiger partial charge in [-0.3, -0.25) is 9.59 Å². The molecule has 2 aromatic rings. The van der Waals surface area contributed by atoms with Crippen molar-refractivity contribution in [3.63, 3.8) is 0 Å². The van der Waals surface area contributed by atoms with Crippen LogP contribution in [0.3, 0.4) is 0 Å². The van der Waals surface area contributed by atoms with Crippen molar-refractivity contribution in [3.8, 4) is 0 Å². The second-order valence-corrected chi connectivity index (χ2v) is 4.81. The van der Waals surface area contributed by atoms with Crippen molar-refractivity contribution in [2.24, 2.45) is 5.73 Å². The van der Waals surface area contributed by atoms with Crippen LogP contribution in [0, 0.1) is 0 Å². The van der Waals surface area contributed by atoms with Crippen LogP contribution in [0.4, 0.5) is 5.69 Å². The molecule has 2 rings (SSSR count). The highest BCUT2D eigenvalue weighted by atomic mass is 16.4. The molecule has 0 aliphatic carbocycles. The van der Waals surface area contributed by atoms with E-state index < -0.39 is 18.0 Å². The van der Waals surface area contributed by atoms with Crippen molar-refractivity contribution < 1.29 is 19.8 Å². The lowest BCUT2D eigenvalue weighted by Gasteiger charge is -2.15. The topological polar surface area (TPSA) is 104 Å². The van der Waals surface area contributed by atoms with Crippen molar-refractivity contribution in [1.82, 2.24) is 0 Å². The molecule has 4 N–H and O–H groups in total. The number of nitrogens with two attached hydrogens (primary N) is 1. The van der Waals surface area contributed by atoms with Gasteiger partial charge in [-0.2, -0.15) is 0 Å². The van der Waals surface area contributed by atoms with Crippen LogP contribution in [0.2, 0.25) is 0 Å². The Hall–Kier alpha value is -2.86. The van der Waals surface area contributed by atoms with Crippen LogP contribution >= 0.6 is 0 Å². The summed E-state index contributed by atoms with van der Waals surface area (Å²) in [6.07, 6.45) is 0. The number of hydrogen-bond acceptors (Lipinski definition) is 4. The molecule has 122 valence electrons. The molecule has 0 heterocycles. The zero-order valence-electron chi connectivity index (χ0n) is 12.8. The summed E-state index contributed by atoms with van der Waals surface area (Å²) in [5, 5.41) is 17.0. The summed E-state index contributed by atoms with van der Waals surface area (Å²) >= 11 is 0. The maximum atomic E-state index is 10.4. The van der Waals surface area contributed by atoms with Crippen LogP contribution in [0.1, 0.15) is 11.6 Å². The second-order valence-electron chi connectivity index (χ2n) is 4.81. The molecule has 0 bridgehead atoms. The predicted octanol–water partition coefficient (Wildman–Crippen LogP) is 1.98. The minimum absolute atomic E-state index is 0.0318. The molecule has 6 heteroatoms. The van der Waals surface area contributed by atoms with Crippen LogP contribution < -0.4 is 10.6 Å². The Kier molecular flexibility index (Phi) is 7.29. The molecule has 0 fully saturated rings. The summed E-state index contributed by atoms with van der Waals surface area (Å²) in [4.78, 5) is 22.4. The molecule has 0 saturated heterocycles. The average molecular weight is 316 g/mol. The molecule has 0 radical (unpaired) electrons. The lowest BCUT2D eigenvalue weighted by Crippen LogP contribution is -2.24. The van der Waals surface area contributed by atoms with Gasteiger partial charge in [-0.15, -0.1) is 0 Å². The summed E-state index contributed by atoms with van der Waals surface area (Å²) in [7, 11) is 1.75. The van der Waals surface area contributed by atoms with E-state index in [1.165, 1.54) is 0 Å². The van der Waals surface area contributed by atoms with E-state index in [0.29, 0.717) is 5.56 Å². The molecule has 0 amide bonds. The fraction of sp³-hybridized carbons (Fsp3) is 0.176. The number of carbonyl (C=O) groups is 2. The smallest absolute Gasteiger partial charge is 0.325 e. The number of aliphatic carboxylic acids is 2. The summed E-state index contributed by atoms with van der Waals surface area (Å²) in [6, 6.07) is 17.2. The van der Waals surface area contributed by atoms with E-state index >= 15 is 0 Å². The number of hydrogen-bond donors (Lipinski definition) is 3. The number of carboxylic acids is 2. The molecule has 0 aliphatic rings. The minimum atomic E-state index is -1.00. The zero-order valence-corrected chi connectivity index (χ0v) is 12.8. The number of benzene rings is 2. The molecule has 0 unspecified atom stereocenters. The first-order chi connectivity index (χ1) is 10.9. The van der Waals surface area contributed by atoms with Crippen LogP contribution in [-0.4, -0.2) is 35.7 Å². The maximum Gasteiger partial charge on any atom is 0.325 e. The molecule has 1 atom stereocenters. The van der Waals surface area contributed by atoms with Crippen molar-refractivity contribution in [2.75, 3.05) is 18.5 Å². The monoisotopic (exact) mass is 316 g/mol. The van der Waals surface area contributed by atoms with Crippen molar-refractivity contribution in [1.29, 1.82) is 0 Å². The van der Waals surface area contributed by atoms with E-state index in [1.54, 1.807) is 36.2 Å². The van der Waals surface area contributed by atoms with Gasteiger partial charge in [0.25, 0.3) is 0 Å². The third-order valence-corrected chi connectivity index (χ3v) is 2.99. The molecular formula is C17H20N2O4. The van der Waals surface area contributed by atoms with Gasteiger partial charge >= 0.3 is 11.9 Å². The Morgan fingerprint density at radius 3 is 1.91 bits per heavy atom. The number of anilines is 1. The van der Waals surface area contributed by atoms with Crippen molar-refractivity contribution in [3.05, 3.63) is 66.2 Å². The van der Waals surface area contributed by atoms with Gasteiger partial charge in [0.2, 0.25) is 0 Å². The number of rotatable bonds is 5. The van der Waals surface area contributed by atoms with Crippen molar-refractivity contribution in [2.45, 2.75) is 6.04 Å². The highest BCUT2D eigenvalue weighted by Crippen LogP contribution is 2.10. The third kappa shape index (κ3) is 6.62. The van der Waals surface area contributed by atoms with E-state index in [2.05, 4.69) is 0 Å². The summed E-state index contributed by atoms with van der Waals surface area (Å²) in [5.41, 5.74) is 6.88. The van der Waals surface area contributed by atoms with E-state index in [1.807, 2.05) is 36.4 Å². The molecular weight excluding hydrogens is 296 g/mol. The Bertz CT molecular complexity index is 617. The fourth-order valence-corrected chi connectivity index (χ4v) is 1.78. The van der Waals surface area contributed by atoms with E-state index in [-0.39, 0.29) is 6.54 Å². The highest BCUT2D eigenvalue weighted by Gasteiger charge is 2.12. The van der Waals surface area contributed by atoms with Gasteiger partial charge in [0, 0.05) is 12.7 Å². The van der Waals surface area contributed by atoms with Crippen LogP contribution in [0.25, 0.3) is 0 Å². The summed E-state index contributed by atoms with van der Waals surface area (Å²) < 4.78 is 0. The lowest BCUT2D eigenvalue weighted by atomic mass is 10.1. The SMILES string of the molecule is CN(CC(=O)O)c1ccccc1.N[C@@H](C(=O)O)c1ccccc1. The molecule has 6 nitrogen and oxygen atoms in total. The van der Waals surface area contributed by atoms with Crippen molar-refractivity contribution >= 4 is 17.6 Å². The Labute approximate surface area is 134 Å². The van der Waals surface area contributed by atoms with Crippen LogP contribution in [0.15, 0.2) is 60.7 Å². The van der Waals surface area contributed by atoms with Crippen LogP contribution in [-0.2, 0) is 9.59 Å². The lowest BCUT2D eigenvalue weighted by molar-refractivity contribution is -0.138.